The van der Waals surface area contributed by atoms with Crippen LogP contribution in [0.25, 0.3) is 22.1 Å². The molecule has 0 unspecified atom stereocenters. The number of halogens is 1. The predicted octanol–water partition coefficient (Wildman–Crippen LogP) is 3.42. The van der Waals surface area contributed by atoms with E-state index >= 15 is 0 Å². The van der Waals surface area contributed by atoms with Crippen molar-refractivity contribution in [3.05, 3.63) is 34.8 Å². The van der Waals surface area contributed by atoms with Crippen molar-refractivity contribution in [3.8, 4) is 33.9 Å². The van der Waals surface area contributed by atoms with Gasteiger partial charge in [-0.2, -0.15) is 5.26 Å². The minimum Gasteiger partial charge on any atom is -0.497 e. The summed E-state index contributed by atoms with van der Waals surface area (Å²) in [5.74, 6) is 1.24. The van der Waals surface area contributed by atoms with Gasteiger partial charge in [0.2, 0.25) is 0 Å². The largest absolute Gasteiger partial charge is 0.497 e. The number of nitrogens with two attached hydrogens (primary N) is 1. The van der Waals surface area contributed by atoms with Crippen LogP contribution in [0.5, 0.6) is 5.75 Å². The van der Waals surface area contributed by atoms with Crippen LogP contribution in [0, 0.1) is 18.3 Å². The van der Waals surface area contributed by atoms with Gasteiger partial charge in [-0.3, -0.25) is 0 Å². The molecule has 0 spiro atoms. The highest BCUT2D eigenvalue weighted by atomic mass is 35.5. The Bertz CT molecular complexity index is 1160. The molecule has 4 heterocycles. The molecule has 1 aliphatic heterocycles. The highest BCUT2D eigenvalue weighted by Crippen LogP contribution is 2.35. The smallest absolute Gasteiger partial charge is 0.142 e. The molecule has 4 rings (SSSR count). The lowest BCUT2D eigenvalue weighted by atomic mass is 10.1. The SMILES string of the molecule is COc1cc(-c2nc(-c3nc(C)cs3)cc(N)c2C#N)nc(N2CC[C@@](C)(O)C2)c1.Cl. The number of nitrogen functional groups attached to an aromatic ring is 1. The molecular formula is C21H23ClN6O2S. The van der Waals surface area contributed by atoms with Crippen LogP contribution in [-0.4, -0.2) is 45.9 Å². The number of β-amino-alcohol motifs (C(OH)–C–C–N with tert-alkyl or cyclic N) is 1. The Morgan fingerprint density at radius 1 is 1.26 bits per heavy atom. The number of rotatable bonds is 4. The molecule has 8 nitrogen and oxygen atoms in total. The van der Waals surface area contributed by atoms with E-state index in [4.69, 9.17) is 15.5 Å². The van der Waals surface area contributed by atoms with Crippen molar-refractivity contribution < 1.29 is 9.84 Å². The molecule has 0 amide bonds. The summed E-state index contributed by atoms with van der Waals surface area (Å²) >= 11 is 1.47. The summed E-state index contributed by atoms with van der Waals surface area (Å²) in [7, 11) is 1.57. The molecule has 3 aromatic rings. The first kappa shape index (κ1) is 22.7. The van der Waals surface area contributed by atoms with E-state index in [-0.39, 0.29) is 18.0 Å². The standard InChI is InChI=1S/C21H22N6O2S.ClH/c1-12-10-30-20(24-12)17-8-15(23)14(9-22)19(26-17)16-6-13(29-3)7-18(25-16)27-5-4-21(2,28)11-27;/h6-8,10,28H,4-5,11H2,1-3H3,(H2,23,26);1H/t21-;/m1./s1. The minimum absolute atomic E-state index is 0. The van der Waals surface area contributed by atoms with Gasteiger partial charge in [-0.25, -0.2) is 15.0 Å². The maximum absolute atomic E-state index is 10.3. The number of thiazole rings is 1. The Balaban J connectivity index is 0.00000272. The van der Waals surface area contributed by atoms with Gasteiger partial charge in [0, 0.05) is 36.3 Å². The van der Waals surface area contributed by atoms with Gasteiger partial charge in [0.25, 0.3) is 0 Å². The lowest BCUT2D eigenvalue weighted by Gasteiger charge is -2.21. The summed E-state index contributed by atoms with van der Waals surface area (Å²) in [6, 6.07) is 7.36. The second-order valence-electron chi connectivity index (χ2n) is 7.65. The number of pyridine rings is 2. The van der Waals surface area contributed by atoms with Crippen molar-refractivity contribution in [2.75, 3.05) is 30.8 Å². The van der Waals surface area contributed by atoms with Crippen LogP contribution in [0.3, 0.4) is 0 Å². The van der Waals surface area contributed by atoms with Gasteiger partial charge in [0.15, 0.2) is 0 Å². The Morgan fingerprint density at radius 2 is 2.03 bits per heavy atom. The van der Waals surface area contributed by atoms with Gasteiger partial charge < -0.3 is 20.5 Å². The number of hydrogen-bond acceptors (Lipinski definition) is 9. The molecular weight excluding hydrogens is 436 g/mol. The predicted molar refractivity (Wildman–Crippen MR) is 124 cm³/mol. The van der Waals surface area contributed by atoms with E-state index in [1.54, 1.807) is 19.2 Å². The van der Waals surface area contributed by atoms with Gasteiger partial charge >= 0.3 is 0 Å². The normalized spacial score (nSPS) is 17.8. The fourth-order valence-electron chi connectivity index (χ4n) is 3.48. The topological polar surface area (TPSA) is 121 Å². The van der Waals surface area contributed by atoms with Crippen LogP contribution >= 0.6 is 23.7 Å². The number of aryl methyl sites for hydroxylation is 1. The molecule has 0 radical (unpaired) electrons. The number of anilines is 2. The van der Waals surface area contributed by atoms with Crippen molar-refractivity contribution in [3.63, 3.8) is 0 Å². The van der Waals surface area contributed by atoms with E-state index < -0.39 is 5.60 Å². The highest BCUT2D eigenvalue weighted by molar-refractivity contribution is 7.13. The summed E-state index contributed by atoms with van der Waals surface area (Å²) < 4.78 is 5.47. The molecule has 3 N–H and O–H groups in total. The zero-order valence-corrected chi connectivity index (χ0v) is 19.0. The van der Waals surface area contributed by atoms with Crippen molar-refractivity contribution >= 4 is 35.2 Å². The summed E-state index contributed by atoms with van der Waals surface area (Å²) in [5.41, 5.74) is 8.35. The number of ether oxygens (including phenoxy) is 1. The zero-order valence-electron chi connectivity index (χ0n) is 17.4. The third-order valence-electron chi connectivity index (χ3n) is 5.04. The fraction of sp³-hybridized carbons (Fsp3) is 0.333. The van der Waals surface area contributed by atoms with Crippen molar-refractivity contribution in [1.29, 1.82) is 5.26 Å². The molecule has 1 saturated heterocycles. The van der Waals surface area contributed by atoms with E-state index in [9.17, 15) is 10.4 Å². The van der Waals surface area contributed by atoms with Gasteiger partial charge in [-0.15, -0.1) is 23.7 Å². The van der Waals surface area contributed by atoms with Crippen LogP contribution in [0.2, 0.25) is 0 Å². The average molecular weight is 459 g/mol. The Hall–Kier alpha value is -2.93. The summed E-state index contributed by atoms with van der Waals surface area (Å²) in [4.78, 5) is 15.9. The van der Waals surface area contributed by atoms with Gasteiger partial charge in [0.05, 0.1) is 24.1 Å². The number of aromatic nitrogens is 3. The maximum atomic E-state index is 10.3. The van der Waals surface area contributed by atoms with Crippen LogP contribution in [0.4, 0.5) is 11.5 Å². The maximum Gasteiger partial charge on any atom is 0.142 e. The highest BCUT2D eigenvalue weighted by Gasteiger charge is 2.32. The number of aliphatic hydroxyl groups is 1. The van der Waals surface area contributed by atoms with E-state index in [1.807, 2.05) is 30.2 Å². The van der Waals surface area contributed by atoms with Crippen molar-refractivity contribution in [2.45, 2.75) is 25.9 Å². The van der Waals surface area contributed by atoms with Gasteiger partial charge in [0.1, 0.15) is 39.6 Å². The van der Waals surface area contributed by atoms with E-state index in [2.05, 4.69) is 16.0 Å². The lowest BCUT2D eigenvalue weighted by Crippen LogP contribution is -2.30. The quantitative estimate of drug-likeness (QED) is 0.609. The Kier molecular flexibility index (Phi) is 6.36. The molecule has 1 fully saturated rings. The first-order valence-corrected chi connectivity index (χ1v) is 10.3. The van der Waals surface area contributed by atoms with Crippen molar-refractivity contribution in [2.24, 2.45) is 0 Å². The average Bonchev–Trinajstić information content (AvgIpc) is 3.32. The first-order valence-electron chi connectivity index (χ1n) is 9.46. The van der Waals surface area contributed by atoms with E-state index in [0.717, 1.165) is 10.7 Å². The number of methoxy groups -OCH3 is 1. The molecule has 0 saturated carbocycles. The molecule has 0 aliphatic carbocycles. The third kappa shape index (κ3) is 4.56. The Morgan fingerprint density at radius 3 is 2.61 bits per heavy atom. The molecule has 31 heavy (non-hydrogen) atoms. The summed E-state index contributed by atoms with van der Waals surface area (Å²) in [5, 5.41) is 22.7. The number of nitriles is 1. The fourth-order valence-corrected chi connectivity index (χ4v) is 4.24. The van der Waals surface area contributed by atoms with E-state index in [1.165, 1.54) is 11.3 Å². The van der Waals surface area contributed by atoms with Gasteiger partial charge in [-0.05, 0) is 26.3 Å². The summed E-state index contributed by atoms with van der Waals surface area (Å²) in [6.45, 7) is 4.86. The van der Waals surface area contributed by atoms with E-state index in [0.29, 0.717) is 53.8 Å². The molecule has 1 aliphatic rings. The van der Waals surface area contributed by atoms with Crippen molar-refractivity contribution in [1.82, 2.24) is 15.0 Å². The molecule has 1 atom stereocenters. The summed E-state index contributed by atoms with van der Waals surface area (Å²) in [6.07, 6.45) is 0.648. The van der Waals surface area contributed by atoms with Crippen LogP contribution in [0.1, 0.15) is 24.6 Å². The van der Waals surface area contributed by atoms with Crippen LogP contribution < -0.4 is 15.4 Å². The number of hydrogen-bond donors (Lipinski definition) is 2. The molecule has 10 heteroatoms. The first-order chi connectivity index (χ1) is 14.3. The number of nitrogens with zero attached hydrogens (tertiary/aromatic N) is 5. The molecule has 0 bridgehead atoms. The monoisotopic (exact) mass is 458 g/mol. The minimum atomic E-state index is -0.770. The second-order valence-corrected chi connectivity index (χ2v) is 8.50. The third-order valence-corrected chi connectivity index (χ3v) is 6.02. The molecule has 0 aromatic carbocycles. The second kappa shape index (κ2) is 8.67. The van der Waals surface area contributed by atoms with Crippen LogP contribution in [0.15, 0.2) is 23.6 Å². The lowest BCUT2D eigenvalue weighted by molar-refractivity contribution is 0.0839. The van der Waals surface area contributed by atoms with Gasteiger partial charge in [-0.1, -0.05) is 0 Å². The van der Waals surface area contributed by atoms with Crippen LogP contribution in [-0.2, 0) is 0 Å². The molecule has 162 valence electrons. The molecule has 3 aromatic heterocycles. The zero-order chi connectivity index (χ0) is 21.5. The Labute approximate surface area is 190 Å².